The Morgan fingerprint density at radius 2 is 0.437 bits per heavy atom. The van der Waals surface area contributed by atoms with Gasteiger partial charge in [-0.3, -0.25) is 0 Å². The summed E-state index contributed by atoms with van der Waals surface area (Å²) in [6.45, 7) is 0. The molecule has 0 radical (unpaired) electrons. The molecule has 0 bridgehead atoms. The minimum absolute atomic E-state index is 0.922. The van der Waals surface area contributed by atoms with Gasteiger partial charge in [0.25, 0.3) is 0 Å². The standard InChI is InChI=1S/2C42H25NOS.C42H25NS2/c1-4-13-36-35(10-1)40-37(25-24-34-32-9-3-6-15-39(32)45-42(34)40)43(36)29-22-20-27(21-23-29)26-16-18-28(19-17-26)30-11-7-12-33-31-8-2-5-14-38(31)44-41(30)33;1-2-10-26(11-3-1)30-15-9-17-33-34-24-25-37-39(42(34)45-41(30)33)35-13-4-6-18-36(35)43(37)28-22-20-27(21-23-28)29-14-8-16-32-31-12-5-7-19-38(31)44-40(29)32;1-4-16-36-35(13-1)40-37(24-23-34-32-12-3-6-18-39(32)45-42(34)40)43(36)29-21-19-26(20-22-29)27-9-7-10-28(25-27)30-14-8-15-33-31-11-2-5-17-38(31)44-41(30)33/h3*1-25H. The van der Waals surface area contributed by atoms with Gasteiger partial charge in [-0.25, -0.2) is 0 Å². The Bertz CT molecular complexity index is 10100. The van der Waals surface area contributed by atoms with Crippen LogP contribution in [0.15, 0.2) is 464 Å². The van der Waals surface area contributed by atoms with Gasteiger partial charge >= 0.3 is 0 Å². The Balaban J connectivity index is 0.000000101. The summed E-state index contributed by atoms with van der Waals surface area (Å²) in [6, 6.07) is 165. The van der Waals surface area contributed by atoms with Gasteiger partial charge in [0.05, 0.1) is 33.1 Å². The second-order valence-corrected chi connectivity index (χ2v) is 39.2. The molecule has 630 valence electrons. The zero-order valence-electron chi connectivity index (χ0n) is 72.6. The van der Waals surface area contributed by atoms with Crippen molar-refractivity contribution in [3.05, 3.63) is 455 Å². The molecule has 0 spiro atoms. The maximum absolute atomic E-state index is 6.35. The monoisotopic (exact) mass is 1790 g/mol. The number of benzene rings is 21. The van der Waals surface area contributed by atoms with Crippen molar-refractivity contribution in [2.45, 2.75) is 0 Å². The molecule has 9 aromatic heterocycles. The minimum atomic E-state index is 0.922. The summed E-state index contributed by atoms with van der Waals surface area (Å²) in [5.74, 6) is 0. The van der Waals surface area contributed by atoms with E-state index in [0.29, 0.717) is 0 Å². The number of rotatable bonds is 9. The highest BCUT2D eigenvalue weighted by Crippen LogP contribution is 2.51. The molecule has 30 rings (SSSR count). The molecule has 0 amide bonds. The normalized spacial score (nSPS) is 12.0. The van der Waals surface area contributed by atoms with Crippen LogP contribution in [0.2, 0.25) is 0 Å². The van der Waals surface area contributed by atoms with E-state index in [1.54, 1.807) is 0 Å². The van der Waals surface area contributed by atoms with Crippen molar-refractivity contribution in [1.82, 2.24) is 13.7 Å². The molecule has 9 heterocycles. The summed E-state index contributed by atoms with van der Waals surface area (Å²) in [7, 11) is 0. The topological polar surface area (TPSA) is 41.1 Å². The predicted octanol–water partition coefficient (Wildman–Crippen LogP) is 37.6. The number of thiophene rings is 4. The molecule has 0 aliphatic heterocycles. The van der Waals surface area contributed by atoms with Crippen molar-refractivity contribution >= 4 is 235 Å². The van der Waals surface area contributed by atoms with Gasteiger partial charge in [0, 0.05) is 163 Å². The highest BCUT2D eigenvalue weighted by atomic mass is 32.1. The molecule has 0 unspecified atom stereocenters. The molecule has 21 aromatic carbocycles. The lowest BCUT2D eigenvalue weighted by molar-refractivity contribution is 0.669. The molecule has 0 saturated carbocycles. The van der Waals surface area contributed by atoms with Gasteiger partial charge in [-0.05, 0) is 165 Å². The van der Waals surface area contributed by atoms with Gasteiger partial charge in [0.1, 0.15) is 22.3 Å². The first-order valence-electron chi connectivity index (χ1n) is 45.8. The fraction of sp³-hybridized carbons (Fsp3) is 0. The molecular weight excluding hydrogens is 1720 g/mol. The van der Waals surface area contributed by atoms with Crippen LogP contribution in [0.5, 0.6) is 0 Å². The lowest BCUT2D eigenvalue weighted by Gasteiger charge is -2.11. The Morgan fingerprint density at radius 3 is 0.896 bits per heavy atom. The zero-order chi connectivity index (χ0) is 88.5. The molecule has 5 nitrogen and oxygen atoms in total. The van der Waals surface area contributed by atoms with E-state index >= 15 is 0 Å². The number of hydrogen-bond acceptors (Lipinski definition) is 6. The fourth-order valence-electron chi connectivity index (χ4n) is 21.5. The molecule has 9 heteroatoms. The smallest absolute Gasteiger partial charge is 0.143 e. The third-order valence-corrected chi connectivity index (χ3v) is 32.6. The van der Waals surface area contributed by atoms with Crippen molar-refractivity contribution in [2.75, 3.05) is 0 Å². The third-order valence-electron chi connectivity index (χ3n) is 27.7. The van der Waals surface area contributed by atoms with Gasteiger partial charge < -0.3 is 22.5 Å². The lowest BCUT2D eigenvalue weighted by atomic mass is 9.98. The van der Waals surface area contributed by atoms with E-state index in [0.717, 1.165) is 71.8 Å². The second-order valence-electron chi connectivity index (χ2n) is 35.1. The molecule has 0 fully saturated rings. The summed E-state index contributed by atoms with van der Waals surface area (Å²) >= 11 is 7.60. The Morgan fingerprint density at radius 1 is 0.156 bits per heavy atom. The predicted molar refractivity (Wildman–Crippen MR) is 581 cm³/mol. The SMILES string of the molecule is c1cc(-c2ccc(-n3c4ccccc4c4c5sc6ccccc6c5ccc43)cc2)cc(-c2cccc3c2sc2ccccc23)c1.c1ccc(-c2cccc3c2sc2c3ccc3c2c2ccccc2n3-c2ccc(-c3cccc4c3oc3ccccc34)cc2)cc1.c1ccc2c(c1)oc1c(-c3ccc(-c4ccc(-n5c6ccccc6c6c7sc8ccccc8c7ccc65)cc4)cc3)cccc12. The van der Waals surface area contributed by atoms with Gasteiger partial charge in [-0.15, -0.1) is 45.3 Å². The molecule has 0 aliphatic rings. The maximum atomic E-state index is 6.35. The quantitative estimate of drug-likeness (QED) is 0.145. The van der Waals surface area contributed by atoms with Crippen LogP contribution in [0.3, 0.4) is 0 Å². The van der Waals surface area contributed by atoms with E-state index < -0.39 is 0 Å². The summed E-state index contributed by atoms with van der Waals surface area (Å²) in [6.07, 6.45) is 0. The number of fused-ring (bicyclic) bond motifs is 30. The van der Waals surface area contributed by atoms with Crippen molar-refractivity contribution < 1.29 is 8.83 Å². The average molecular weight is 1790 g/mol. The number of furan rings is 2. The minimum Gasteiger partial charge on any atom is -0.455 e. The van der Waals surface area contributed by atoms with E-state index in [1.807, 2.05) is 69.6 Å². The first-order valence-corrected chi connectivity index (χ1v) is 49.1. The first-order chi connectivity index (χ1) is 67.0. The van der Waals surface area contributed by atoms with Crippen LogP contribution in [0, 0.1) is 0 Å². The number of hydrogen-bond donors (Lipinski definition) is 0. The van der Waals surface area contributed by atoms with Gasteiger partial charge in [-0.1, -0.05) is 346 Å². The fourth-order valence-corrected chi connectivity index (χ4v) is 26.6. The van der Waals surface area contributed by atoms with Crippen molar-refractivity contribution in [3.8, 4) is 83.8 Å². The van der Waals surface area contributed by atoms with E-state index in [1.165, 1.54) is 202 Å². The zero-order valence-corrected chi connectivity index (χ0v) is 75.9. The van der Waals surface area contributed by atoms with Gasteiger partial charge in [0.15, 0.2) is 0 Å². The van der Waals surface area contributed by atoms with E-state index in [2.05, 4.69) is 444 Å². The Hall–Kier alpha value is -16.5. The first kappa shape index (κ1) is 77.3. The van der Waals surface area contributed by atoms with Crippen LogP contribution in [0.1, 0.15) is 0 Å². The summed E-state index contributed by atoms with van der Waals surface area (Å²) in [5.41, 5.74) is 29.1. The lowest BCUT2D eigenvalue weighted by Crippen LogP contribution is -1.93. The van der Waals surface area contributed by atoms with Crippen molar-refractivity contribution in [3.63, 3.8) is 0 Å². The van der Waals surface area contributed by atoms with Crippen molar-refractivity contribution in [1.29, 1.82) is 0 Å². The summed E-state index contributed by atoms with van der Waals surface area (Å²) in [5, 5.41) is 23.1. The van der Waals surface area contributed by atoms with Gasteiger partial charge in [-0.2, -0.15) is 0 Å². The van der Waals surface area contributed by atoms with Crippen LogP contribution in [-0.4, -0.2) is 13.7 Å². The van der Waals surface area contributed by atoms with E-state index in [4.69, 9.17) is 8.83 Å². The molecule has 0 atom stereocenters. The van der Waals surface area contributed by atoms with Crippen LogP contribution in [0.25, 0.3) is 274 Å². The molecule has 0 saturated heterocycles. The molecule has 30 aromatic rings. The Kier molecular flexibility index (Phi) is 17.8. The maximum Gasteiger partial charge on any atom is 0.143 e. The molecular formula is C126H75N3O2S4. The summed E-state index contributed by atoms with van der Waals surface area (Å²) < 4.78 is 30.7. The molecule has 0 aliphatic carbocycles. The summed E-state index contributed by atoms with van der Waals surface area (Å²) in [4.78, 5) is 0. The largest absolute Gasteiger partial charge is 0.455 e. The molecule has 0 N–H and O–H groups in total. The highest BCUT2D eigenvalue weighted by Gasteiger charge is 2.25. The van der Waals surface area contributed by atoms with E-state index in [9.17, 15) is 0 Å². The van der Waals surface area contributed by atoms with E-state index in [-0.39, 0.29) is 0 Å². The number of nitrogens with zero attached hydrogens (tertiary/aromatic N) is 3. The van der Waals surface area contributed by atoms with Gasteiger partial charge in [0.2, 0.25) is 0 Å². The number of para-hydroxylation sites is 7. The number of aromatic nitrogens is 3. The van der Waals surface area contributed by atoms with Crippen LogP contribution in [0.4, 0.5) is 0 Å². The van der Waals surface area contributed by atoms with Crippen molar-refractivity contribution in [2.24, 2.45) is 0 Å². The van der Waals surface area contributed by atoms with Crippen LogP contribution in [-0.2, 0) is 0 Å². The van der Waals surface area contributed by atoms with Crippen LogP contribution >= 0.6 is 45.3 Å². The molecule has 135 heavy (non-hydrogen) atoms. The average Bonchev–Trinajstić information content (AvgIpc) is 1.57. The third kappa shape index (κ3) is 12.3. The highest BCUT2D eigenvalue weighted by molar-refractivity contribution is 7.28. The second kappa shape index (κ2) is 31.1. The van der Waals surface area contributed by atoms with Crippen LogP contribution < -0.4 is 0 Å². The Labute approximate surface area is 790 Å².